The summed E-state index contributed by atoms with van der Waals surface area (Å²) in [5, 5.41) is 4.94. The minimum Gasteiger partial charge on any atom is -0.337 e. The highest BCUT2D eigenvalue weighted by Crippen LogP contribution is 2.28. The Balaban J connectivity index is 1.68. The molecule has 0 atom stereocenters. The van der Waals surface area contributed by atoms with Gasteiger partial charge in [-0.15, -0.1) is 11.3 Å². The zero-order chi connectivity index (χ0) is 21.0. The summed E-state index contributed by atoms with van der Waals surface area (Å²) in [4.78, 5) is 9.12. The van der Waals surface area contributed by atoms with Gasteiger partial charge in [-0.3, -0.25) is 4.72 Å². The summed E-state index contributed by atoms with van der Waals surface area (Å²) >= 11 is 1.15. The van der Waals surface area contributed by atoms with Gasteiger partial charge in [0, 0.05) is 5.69 Å². The number of fused-ring (bicyclic) bond motifs is 1. The van der Waals surface area contributed by atoms with Crippen molar-refractivity contribution in [2.45, 2.75) is 30.4 Å². The van der Waals surface area contributed by atoms with Gasteiger partial charge in [0.15, 0.2) is 11.6 Å². The number of unbranched alkanes of at least 4 members (excludes halogenated alkanes) is 1. The fourth-order valence-electron chi connectivity index (χ4n) is 3.02. The molecule has 2 heterocycles. The molecule has 6 nitrogen and oxygen atoms in total. The van der Waals surface area contributed by atoms with Crippen molar-refractivity contribution in [1.29, 1.82) is 0 Å². The zero-order valence-electron chi connectivity index (χ0n) is 16.5. The highest BCUT2D eigenvalue weighted by atomic mass is 32.2. The summed E-state index contributed by atoms with van der Waals surface area (Å²) in [6, 6.07) is 18.7. The molecule has 154 valence electrons. The van der Waals surface area contributed by atoms with Gasteiger partial charge in [-0.05, 0) is 54.1 Å². The average Bonchev–Trinajstić information content (AvgIpc) is 3.29. The van der Waals surface area contributed by atoms with E-state index in [0.29, 0.717) is 16.9 Å². The first-order valence-electron chi connectivity index (χ1n) is 9.74. The Morgan fingerprint density at radius 2 is 1.60 bits per heavy atom. The van der Waals surface area contributed by atoms with Crippen LogP contribution in [-0.2, 0) is 16.4 Å². The molecule has 2 N–H and O–H groups in total. The lowest BCUT2D eigenvalue weighted by molar-refractivity contribution is 0.603. The van der Waals surface area contributed by atoms with E-state index in [4.69, 9.17) is 0 Å². The maximum absolute atomic E-state index is 12.8. The van der Waals surface area contributed by atoms with Crippen LogP contribution in [0.4, 0.5) is 17.3 Å². The molecule has 0 radical (unpaired) electrons. The van der Waals surface area contributed by atoms with Crippen molar-refractivity contribution in [3.63, 3.8) is 0 Å². The number of nitrogens with zero attached hydrogens (tertiary/aromatic N) is 2. The van der Waals surface area contributed by atoms with E-state index >= 15 is 0 Å². The normalized spacial score (nSPS) is 11.5. The van der Waals surface area contributed by atoms with Gasteiger partial charge in [0.05, 0.1) is 11.0 Å². The van der Waals surface area contributed by atoms with Gasteiger partial charge in [0.1, 0.15) is 4.21 Å². The second-order valence-electron chi connectivity index (χ2n) is 6.87. The molecular formula is C22H22N4O2S2. The number of para-hydroxylation sites is 2. The number of aromatic nitrogens is 2. The minimum atomic E-state index is -3.74. The fourth-order valence-corrected chi connectivity index (χ4v) is 5.03. The summed E-state index contributed by atoms with van der Waals surface area (Å²) in [6.45, 7) is 2.17. The SMILES string of the molecule is CCCCc1ccc(Nc2nc3ccccc3nc2NS(=O)(=O)c2cccs2)cc1. The van der Waals surface area contributed by atoms with E-state index in [2.05, 4.69) is 39.1 Å². The predicted molar refractivity (Wildman–Crippen MR) is 123 cm³/mol. The monoisotopic (exact) mass is 438 g/mol. The lowest BCUT2D eigenvalue weighted by Gasteiger charge is -2.13. The molecule has 2 aromatic carbocycles. The van der Waals surface area contributed by atoms with Crippen LogP contribution >= 0.6 is 11.3 Å². The summed E-state index contributed by atoms with van der Waals surface area (Å²) in [7, 11) is -3.74. The van der Waals surface area contributed by atoms with Crippen LogP contribution in [0.5, 0.6) is 0 Å². The number of hydrogen-bond donors (Lipinski definition) is 2. The molecule has 0 bridgehead atoms. The molecule has 0 aliphatic heterocycles. The Kier molecular flexibility index (Phi) is 5.96. The molecule has 4 rings (SSSR count). The van der Waals surface area contributed by atoms with Gasteiger partial charge < -0.3 is 5.32 Å². The van der Waals surface area contributed by atoms with Crippen LogP contribution in [0, 0.1) is 0 Å². The van der Waals surface area contributed by atoms with E-state index in [1.807, 2.05) is 30.3 Å². The number of anilines is 3. The fraction of sp³-hybridized carbons (Fsp3) is 0.182. The van der Waals surface area contributed by atoms with E-state index in [1.165, 1.54) is 5.56 Å². The molecule has 0 saturated carbocycles. The Morgan fingerprint density at radius 1 is 0.900 bits per heavy atom. The van der Waals surface area contributed by atoms with Crippen molar-refractivity contribution < 1.29 is 8.42 Å². The third-order valence-electron chi connectivity index (χ3n) is 4.60. The van der Waals surface area contributed by atoms with Crippen LogP contribution < -0.4 is 10.0 Å². The number of thiophene rings is 1. The van der Waals surface area contributed by atoms with Gasteiger partial charge in [0.25, 0.3) is 10.0 Å². The van der Waals surface area contributed by atoms with Crippen molar-refractivity contribution in [2.75, 3.05) is 10.0 Å². The lowest BCUT2D eigenvalue weighted by Crippen LogP contribution is -2.15. The molecule has 0 saturated heterocycles. The Hall–Kier alpha value is -2.97. The molecule has 30 heavy (non-hydrogen) atoms. The summed E-state index contributed by atoms with van der Waals surface area (Å²) in [5.41, 5.74) is 3.38. The molecule has 0 aliphatic rings. The quantitative estimate of drug-likeness (QED) is 0.375. The van der Waals surface area contributed by atoms with E-state index in [0.717, 1.165) is 36.3 Å². The van der Waals surface area contributed by atoms with Gasteiger partial charge in [-0.1, -0.05) is 43.7 Å². The standard InChI is InChI=1S/C22H22N4O2S2/c1-2-3-7-16-11-13-17(14-12-16)23-21-22(25-19-9-5-4-8-18(19)24-21)26-30(27,28)20-10-6-15-29-20/h4-6,8-15H,2-3,7H2,1H3,(H,23,24)(H,25,26). The van der Waals surface area contributed by atoms with Crippen LogP contribution in [0.15, 0.2) is 70.3 Å². The first-order chi connectivity index (χ1) is 14.5. The first kappa shape index (κ1) is 20.3. The highest BCUT2D eigenvalue weighted by Gasteiger charge is 2.19. The average molecular weight is 439 g/mol. The Bertz CT molecular complexity index is 1240. The third-order valence-corrected chi connectivity index (χ3v) is 7.33. The molecule has 0 fully saturated rings. The maximum Gasteiger partial charge on any atom is 0.272 e. The Morgan fingerprint density at radius 3 is 2.23 bits per heavy atom. The van der Waals surface area contributed by atoms with Gasteiger partial charge in [-0.25, -0.2) is 18.4 Å². The van der Waals surface area contributed by atoms with Crippen LogP contribution in [0.2, 0.25) is 0 Å². The van der Waals surface area contributed by atoms with E-state index in [9.17, 15) is 8.42 Å². The van der Waals surface area contributed by atoms with Gasteiger partial charge in [0.2, 0.25) is 0 Å². The van der Waals surface area contributed by atoms with E-state index < -0.39 is 10.0 Å². The second kappa shape index (κ2) is 8.81. The molecule has 4 aromatic rings. The molecule has 0 aliphatic carbocycles. The molecule has 8 heteroatoms. The second-order valence-corrected chi connectivity index (χ2v) is 9.73. The summed E-state index contributed by atoms with van der Waals surface area (Å²) in [5.74, 6) is 0.521. The molecule has 0 spiro atoms. The smallest absolute Gasteiger partial charge is 0.272 e. The van der Waals surface area contributed by atoms with Crippen molar-refractivity contribution in [2.24, 2.45) is 0 Å². The number of benzene rings is 2. The molecule has 2 aromatic heterocycles. The van der Waals surface area contributed by atoms with Crippen LogP contribution in [0.3, 0.4) is 0 Å². The van der Waals surface area contributed by atoms with Crippen molar-refractivity contribution >= 4 is 49.7 Å². The maximum atomic E-state index is 12.8. The summed E-state index contributed by atoms with van der Waals surface area (Å²) < 4.78 is 28.3. The van der Waals surface area contributed by atoms with E-state index in [1.54, 1.807) is 23.6 Å². The summed E-state index contributed by atoms with van der Waals surface area (Å²) in [6.07, 6.45) is 3.34. The third kappa shape index (κ3) is 4.60. The molecular weight excluding hydrogens is 416 g/mol. The van der Waals surface area contributed by atoms with Crippen LogP contribution in [0.25, 0.3) is 11.0 Å². The van der Waals surface area contributed by atoms with Crippen molar-refractivity contribution in [3.05, 3.63) is 71.6 Å². The van der Waals surface area contributed by atoms with Gasteiger partial charge >= 0.3 is 0 Å². The van der Waals surface area contributed by atoms with Crippen LogP contribution in [0.1, 0.15) is 25.3 Å². The predicted octanol–water partition coefficient (Wildman–Crippen LogP) is 5.58. The first-order valence-corrected chi connectivity index (χ1v) is 12.1. The number of nitrogens with one attached hydrogen (secondary N) is 2. The largest absolute Gasteiger partial charge is 0.337 e. The van der Waals surface area contributed by atoms with E-state index in [-0.39, 0.29) is 10.0 Å². The number of aryl methyl sites for hydroxylation is 1. The highest BCUT2D eigenvalue weighted by molar-refractivity contribution is 7.94. The van der Waals surface area contributed by atoms with Crippen LogP contribution in [-0.4, -0.2) is 18.4 Å². The number of rotatable bonds is 8. The number of hydrogen-bond acceptors (Lipinski definition) is 6. The molecule has 0 unspecified atom stereocenters. The minimum absolute atomic E-state index is 0.164. The number of sulfonamides is 1. The topological polar surface area (TPSA) is 84.0 Å². The molecule has 0 amide bonds. The Labute approximate surface area is 180 Å². The van der Waals surface area contributed by atoms with Gasteiger partial charge in [-0.2, -0.15) is 0 Å². The van der Waals surface area contributed by atoms with Crippen molar-refractivity contribution in [1.82, 2.24) is 9.97 Å². The zero-order valence-corrected chi connectivity index (χ0v) is 18.1. The van der Waals surface area contributed by atoms with Crippen molar-refractivity contribution in [3.8, 4) is 0 Å². The lowest BCUT2D eigenvalue weighted by atomic mass is 10.1.